The van der Waals surface area contributed by atoms with E-state index < -0.39 is 0 Å². The minimum absolute atomic E-state index is 0.285. The number of hydrogen-bond acceptors (Lipinski definition) is 3. The van der Waals surface area contributed by atoms with Crippen LogP contribution in [-0.4, -0.2) is 31.3 Å². The van der Waals surface area contributed by atoms with E-state index >= 15 is 0 Å². The van der Waals surface area contributed by atoms with Crippen LogP contribution in [-0.2, 0) is 4.74 Å². The van der Waals surface area contributed by atoms with E-state index in [-0.39, 0.29) is 6.10 Å². The Hall–Kier alpha value is -0.610. The Morgan fingerprint density at radius 1 is 1.50 bits per heavy atom. The van der Waals surface area contributed by atoms with Crippen LogP contribution in [0.5, 0.6) is 0 Å². The second-order valence-corrected chi connectivity index (χ2v) is 4.99. The van der Waals surface area contributed by atoms with E-state index in [1.807, 2.05) is 27.1 Å². The smallest absolute Gasteiger partial charge is 0.128 e. The Bertz CT molecular complexity index is 342. The van der Waals surface area contributed by atoms with Gasteiger partial charge in [0.1, 0.15) is 5.82 Å². The Balaban J connectivity index is 2.52. The number of rotatable bonds is 5. The summed E-state index contributed by atoms with van der Waals surface area (Å²) in [7, 11) is 2.03. The first-order valence-electron chi connectivity index (χ1n) is 5.45. The van der Waals surface area contributed by atoms with Crippen LogP contribution in [0.3, 0.4) is 0 Å². The molecule has 1 aromatic heterocycles. The summed E-state index contributed by atoms with van der Waals surface area (Å²) < 4.78 is 6.55. The van der Waals surface area contributed by atoms with Crippen molar-refractivity contribution in [2.75, 3.05) is 25.1 Å². The molecular weight excluding hydrogens is 268 g/mol. The van der Waals surface area contributed by atoms with Crippen LogP contribution in [0.25, 0.3) is 0 Å². The zero-order valence-electron chi connectivity index (χ0n) is 10.3. The number of pyridine rings is 1. The summed E-state index contributed by atoms with van der Waals surface area (Å²) in [6, 6.07) is 2.07. The van der Waals surface area contributed by atoms with Crippen molar-refractivity contribution < 1.29 is 4.74 Å². The zero-order valence-corrected chi connectivity index (χ0v) is 11.9. The summed E-state index contributed by atoms with van der Waals surface area (Å²) in [5.41, 5.74) is 1.20. The predicted octanol–water partition coefficient (Wildman–Crippen LogP) is 3.01. The van der Waals surface area contributed by atoms with Crippen molar-refractivity contribution in [3.8, 4) is 0 Å². The van der Waals surface area contributed by atoms with Gasteiger partial charge in [0, 0.05) is 24.3 Å². The summed E-state index contributed by atoms with van der Waals surface area (Å²) in [6.07, 6.45) is 2.12. The van der Waals surface area contributed by atoms with Crippen LogP contribution in [0.2, 0.25) is 0 Å². The van der Waals surface area contributed by atoms with Gasteiger partial charge < -0.3 is 9.64 Å². The van der Waals surface area contributed by atoms with Crippen LogP contribution in [0, 0.1) is 6.92 Å². The fourth-order valence-electron chi connectivity index (χ4n) is 1.27. The van der Waals surface area contributed by atoms with E-state index in [0.29, 0.717) is 0 Å². The highest BCUT2D eigenvalue weighted by Gasteiger charge is 2.04. The van der Waals surface area contributed by atoms with Crippen molar-refractivity contribution in [1.82, 2.24) is 4.98 Å². The van der Waals surface area contributed by atoms with Gasteiger partial charge in [-0.15, -0.1) is 0 Å². The molecule has 1 rings (SSSR count). The van der Waals surface area contributed by atoms with Crippen LogP contribution >= 0.6 is 15.9 Å². The number of ether oxygens (including phenoxy) is 1. The van der Waals surface area contributed by atoms with Crippen molar-refractivity contribution in [2.24, 2.45) is 0 Å². The van der Waals surface area contributed by atoms with E-state index in [1.165, 1.54) is 5.56 Å². The lowest BCUT2D eigenvalue weighted by atomic mass is 10.3. The highest BCUT2D eigenvalue weighted by atomic mass is 79.9. The summed E-state index contributed by atoms with van der Waals surface area (Å²) in [4.78, 5) is 6.46. The van der Waals surface area contributed by atoms with Crippen molar-refractivity contribution in [1.29, 1.82) is 0 Å². The summed E-state index contributed by atoms with van der Waals surface area (Å²) in [5.74, 6) is 0.980. The van der Waals surface area contributed by atoms with Gasteiger partial charge in [-0.2, -0.15) is 0 Å². The minimum Gasteiger partial charge on any atom is -0.377 e. The molecule has 0 spiro atoms. The molecule has 3 nitrogen and oxygen atoms in total. The third kappa shape index (κ3) is 4.10. The first kappa shape index (κ1) is 13.5. The Morgan fingerprint density at radius 3 is 2.75 bits per heavy atom. The topological polar surface area (TPSA) is 25.4 Å². The summed E-state index contributed by atoms with van der Waals surface area (Å²) in [6.45, 7) is 7.73. The van der Waals surface area contributed by atoms with E-state index in [0.717, 1.165) is 23.4 Å². The van der Waals surface area contributed by atoms with Gasteiger partial charge in [0.05, 0.1) is 12.7 Å². The van der Waals surface area contributed by atoms with Crippen molar-refractivity contribution in [3.05, 3.63) is 22.3 Å². The van der Waals surface area contributed by atoms with Gasteiger partial charge in [-0.1, -0.05) is 0 Å². The fraction of sp³-hybridized carbons (Fsp3) is 0.583. The fourth-order valence-corrected chi connectivity index (χ4v) is 1.49. The molecule has 1 aromatic rings. The Labute approximate surface area is 106 Å². The van der Waals surface area contributed by atoms with Gasteiger partial charge in [0.2, 0.25) is 0 Å². The van der Waals surface area contributed by atoms with Crippen LogP contribution < -0.4 is 4.90 Å². The van der Waals surface area contributed by atoms with Gasteiger partial charge in [-0.3, -0.25) is 0 Å². The summed E-state index contributed by atoms with van der Waals surface area (Å²) in [5, 5.41) is 0. The molecule has 0 aliphatic heterocycles. The second kappa shape index (κ2) is 6.21. The number of aryl methyl sites for hydroxylation is 1. The molecular formula is C12H19BrN2O. The number of anilines is 1. The average Bonchev–Trinajstić information content (AvgIpc) is 2.21. The van der Waals surface area contributed by atoms with Crippen molar-refractivity contribution >= 4 is 21.7 Å². The molecule has 0 radical (unpaired) electrons. The largest absolute Gasteiger partial charge is 0.377 e. The van der Waals surface area contributed by atoms with Gasteiger partial charge in [0.15, 0.2) is 0 Å². The maximum atomic E-state index is 5.51. The number of nitrogens with zero attached hydrogens (tertiary/aromatic N) is 2. The zero-order chi connectivity index (χ0) is 12.1. The molecule has 0 amide bonds. The van der Waals surface area contributed by atoms with E-state index in [4.69, 9.17) is 4.74 Å². The molecule has 16 heavy (non-hydrogen) atoms. The van der Waals surface area contributed by atoms with Gasteiger partial charge >= 0.3 is 0 Å². The lowest BCUT2D eigenvalue weighted by molar-refractivity contribution is 0.0845. The standard InChI is InChI=1S/C12H19BrN2O/c1-9(2)16-6-5-15(4)12-7-10(3)11(13)8-14-12/h7-9H,5-6H2,1-4H3. The van der Waals surface area contributed by atoms with Gasteiger partial charge in [0.25, 0.3) is 0 Å². The first-order chi connectivity index (χ1) is 7.50. The second-order valence-electron chi connectivity index (χ2n) is 4.13. The molecule has 0 unspecified atom stereocenters. The third-order valence-electron chi connectivity index (χ3n) is 2.30. The maximum absolute atomic E-state index is 5.51. The molecule has 0 atom stereocenters. The van der Waals surface area contributed by atoms with Crippen LogP contribution in [0.1, 0.15) is 19.4 Å². The molecule has 1 heterocycles. The Morgan fingerprint density at radius 2 is 2.19 bits per heavy atom. The molecule has 4 heteroatoms. The molecule has 0 aliphatic carbocycles. The number of aromatic nitrogens is 1. The lowest BCUT2D eigenvalue weighted by Crippen LogP contribution is -2.24. The molecule has 0 bridgehead atoms. The van der Waals surface area contributed by atoms with E-state index in [2.05, 4.69) is 38.8 Å². The van der Waals surface area contributed by atoms with Crippen molar-refractivity contribution in [2.45, 2.75) is 26.9 Å². The van der Waals surface area contributed by atoms with E-state index in [1.54, 1.807) is 0 Å². The molecule has 0 aliphatic rings. The number of hydrogen-bond donors (Lipinski definition) is 0. The molecule has 90 valence electrons. The van der Waals surface area contributed by atoms with Gasteiger partial charge in [-0.05, 0) is 48.3 Å². The molecule has 0 N–H and O–H groups in total. The van der Waals surface area contributed by atoms with E-state index in [9.17, 15) is 0 Å². The number of halogens is 1. The first-order valence-corrected chi connectivity index (χ1v) is 6.25. The van der Waals surface area contributed by atoms with Gasteiger partial charge in [-0.25, -0.2) is 4.98 Å². The minimum atomic E-state index is 0.285. The normalized spacial score (nSPS) is 10.9. The maximum Gasteiger partial charge on any atom is 0.128 e. The SMILES string of the molecule is Cc1cc(N(C)CCOC(C)C)ncc1Br. The monoisotopic (exact) mass is 286 g/mol. The van der Waals surface area contributed by atoms with Crippen molar-refractivity contribution in [3.63, 3.8) is 0 Å². The van der Waals surface area contributed by atoms with Crippen LogP contribution in [0.4, 0.5) is 5.82 Å². The third-order valence-corrected chi connectivity index (χ3v) is 3.13. The van der Waals surface area contributed by atoms with Crippen LogP contribution in [0.15, 0.2) is 16.7 Å². The Kier molecular flexibility index (Phi) is 5.22. The summed E-state index contributed by atoms with van der Waals surface area (Å²) >= 11 is 3.44. The lowest BCUT2D eigenvalue weighted by Gasteiger charge is -2.19. The quantitative estimate of drug-likeness (QED) is 0.832. The predicted molar refractivity (Wildman–Crippen MR) is 71.0 cm³/mol. The number of likely N-dealkylation sites (N-methyl/N-ethyl adjacent to an activating group) is 1. The average molecular weight is 287 g/mol. The molecule has 0 saturated carbocycles. The highest BCUT2D eigenvalue weighted by Crippen LogP contribution is 2.18. The molecule has 0 aromatic carbocycles. The highest BCUT2D eigenvalue weighted by molar-refractivity contribution is 9.10. The molecule has 0 saturated heterocycles. The molecule has 0 fully saturated rings.